The Morgan fingerprint density at radius 2 is 2.00 bits per heavy atom. The molecule has 2 aromatic heterocycles. The van der Waals surface area contributed by atoms with Crippen molar-refractivity contribution in [2.45, 2.75) is 19.8 Å². The summed E-state index contributed by atoms with van der Waals surface area (Å²) in [6.45, 7) is 2.12. The minimum absolute atomic E-state index is 0.386. The molecule has 0 aliphatic rings. The number of halogens is 1. The van der Waals surface area contributed by atoms with Crippen LogP contribution in [0.15, 0.2) is 36.7 Å². The van der Waals surface area contributed by atoms with Gasteiger partial charge >= 0.3 is 0 Å². The molecule has 5 heteroatoms. The Balaban J connectivity index is 1.87. The first kappa shape index (κ1) is 12.1. The van der Waals surface area contributed by atoms with Gasteiger partial charge in [0.25, 0.3) is 0 Å². The van der Waals surface area contributed by atoms with Gasteiger partial charge in [0.05, 0.1) is 0 Å². The van der Waals surface area contributed by atoms with Crippen molar-refractivity contribution in [1.82, 2.24) is 19.6 Å². The van der Waals surface area contributed by atoms with Crippen LogP contribution in [-0.2, 0) is 12.8 Å². The number of benzene rings is 1. The van der Waals surface area contributed by atoms with E-state index in [2.05, 4.69) is 46.4 Å². The summed E-state index contributed by atoms with van der Waals surface area (Å²) in [5.74, 6) is 0.905. The molecule has 0 aliphatic heterocycles. The molecule has 19 heavy (non-hydrogen) atoms. The van der Waals surface area contributed by atoms with E-state index in [0.29, 0.717) is 10.8 Å². The fourth-order valence-corrected chi connectivity index (χ4v) is 2.34. The summed E-state index contributed by atoms with van der Waals surface area (Å²) in [7, 11) is 0. The summed E-state index contributed by atoms with van der Waals surface area (Å²) in [6, 6.07) is 8.38. The zero-order valence-electron chi connectivity index (χ0n) is 10.5. The van der Waals surface area contributed by atoms with Crippen LogP contribution in [0.1, 0.15) is 17.0 Å². The Bertz CT molecular complexity index is 720. The van der Waals surface area contributed by atoms with Gasteiger partial charge < -0.3 is 0 Å². The Kier molecular flexibility index (Phi) is 3.17. The molecule has 2 heterocycles. The van der Waals surface area contributed by atoms with E-state index in [0.717, 1.165) is 18.7 Å². The van der Waals surface area contributed by atoms with E-state index < -0.39 is 0 Å². The van der Waals surface area contributed by atoms with Crippen molar-refractivity contribution >= 4 is 17.2 Å². The maximum absolute atomic E-state index is 5.98. The van der Waals surface area contributed by atoms with E-state index in [9.17, 15) is 0 Å². The van der Waals surface area contributed by atoms with Crippen LogP contribution in [0, 0.1) is 6.92 Å². The molecule has 0 radical (unpaired) electrons. The number of nitrogens with zero attached hydrogens (tertiary/aromatic N) is 4. The average Bonchev–Trinajstić information content (AvgIpc) is 2.83. The number of aryl methyl sites for hydroxylation is 3. The molecule has 0 fully saturated rings. The predicted molar refractivity (Wildman–Crippen MR) is 74.4 cm³/mol. The summed E-state index contributed by atoms with van der Waals surface area (Å²) in [5.41, 5.74) is 3.25. The molecule has 0 atom stereocenters. The number of aromatic nitrogens is 4. The maximum atomic E-state index is 5.98. The molecule has 4 nitrogen and oxygen atoms in total. The second-order valence-electron chi connectivity index (χ2n) is 4.45. The first-order valence-corrected chi connectivity index (χ1v) is 6.52. The SMILES string of the molecule is Cc1ccccc1CCc1nnc2c(Cl)nccn12. The normalized spacial score (nSPS) is 11.1. The van der Waals surface area contributed by atoms with Crippen molar-refractivity contribution in [2.24, 2.45) is 0 Å². The molecule has 0 amide bonds. The minimum atomic E-state index is 0.386. The van der Waals surface area contributed by atoms with E-state index in [4.69, 9.17) is 11.6 Å². The van der Waals surface area contributed by atoms with E-state index in [1.165, 1.54) is 11.1 Å². The van der Waals surface area contributed by atoms with Crippen LogP contribution in [0.5, 0.6) is 0 Å². The molecule has 0 bridgehead atoms. The van der Waals surface area contributed by atoms with E-state index in [1.54, 1.807) is 6.20 Å². The second-order valence-corrected chi connectivity index (χ2v) is 4.81. The molecule has 3 aromatic rings. The van der Waals surface area contributed by atoms with Gasteiger partial charge in [0.1, 0.15) is 5.82 Å². The lowest BCUT2D eigenvalue weighted by atomic mass is 10.0. The van der Waals surface area contributed by atoms with Crippen molar-refractivity contribution in [3.05, 3.63) is 58.8 Å². The molecule has 0 spiro atoms. The van der Waals surface area contributed by atoms with E-state index >= 15 is 0 Å². The predicted octanol–water partition coefficient (Wildman–Crippen LogP) is 2.87. The lowest BCUT2D eigenvalue weighted by molar-refractivity contribution is 0.834. The van der Waals surface area contributed by atoms with Crippen molar-refractivity contribution in [3.8, 4) is 0 Å². The van der Waals surface area contributed by atoms with Crippen LogP contribution >= 0.6 is 11.6 Å². The van der Waals surface area contributed by atoms with Gasteiger partial charge in [-0.05, 0) is 24.5 Å². The highest BCUT2D eigenvalue weighted by Gasteiger charge is 2.09. The average molecular weight is 273 g/mol. The van der Waals surface area contributed by atoms with E-state index in [1.807, 2.05) is 10.6 Å². The van der Waals surface area contributed by atoms with Crippen LogP contribution in [0.3, 0.4) is 0 Å². The third kappa shape index (κ3) is 2.31. The van der Waals surface area contributed by atoms with Crippen molar-refractivity contribution in [3.63, 3.8) is 0 Å². The van der Waals surface area contributed by atoms with Crippen LogP contribution in [0.25, 0.3) is 5.65 Å². The van der Waals surface area contributed by atoms with Crippen molar-refractivity contribution < 1.29 is 0 Å². The molecular formula is C14H13ClN4. The highest BCUT2D eigenvalue weighted by atomic mass is 35.5. The Hall–Kier alpha value is -1.94. The van der Waals surface area contributed by atoms with Gasteiger partial charge in [-0.3, -0.25) is 4.40 Å². The maximum Gasteiger partial charge on any atom is 0.198 e. The van der Waals surface area contributed by atoms with Crippen molar-refractivity contribution in [1.29, 1.82) is 0 Å². The molecular weight excluding hydrogens is 260 g/mol. The third-order valence-corrected chi connectivity index (χ3v) is 3.50. The van der Waals surface area contributed by atoms with Gasteiger partial charge in [-0.1, -0.05) is 35.9 Å². The summed E-state index contributed by atoms with van der Waals surface area (Å²) in [4.78, 5) is 4.00. The van der Waals surface area contributed by atoms with Crippen LogP contribution < -0.4 is 0 Å². The quantitative estimate of drug-likeness (QED) is 0.736. The van der Waals surface area contributed by atoms with Crippen molar-refractivity contribution in [2.75, 3.05) is 0 Å². The number of hydrogen-bond acceptors (Lipinski definition) is 3. The molecule has 96 valence electrons. The molecule has 3 rings (SSSR count). The van der Waals surface area contributed by atoms with Gasteiger partial charge in [-0.25, -0.2) is 4.98 Å². The van der Waals surface area contributed by atoms with Gasteiger partial charge in [0, 0.05) is 18.8 Å². The smallest absolute Gasteiger partial charge is 0.198 e. The first-order chi connectivity index (χ1) is 9.25. The highest BCUT2D eigenvalue weighted by molar-refractivity contribution is 6.32. The zero-order chi connectivity index (χ0) is 13.2. The summed E-state index contributed by atoms with van der Waals surface area (Å²) < 4.78 is 1.90. The zero-order valence-corrected chi connectivity index (χ0v) is 11.3. The molecule has 0 saturated heterocycles. The number of hydrogen-bond donors (Lipinski definition) is 0. The lowest BCUT2D eigenvalue weighted by Crippen LogP contribution is -1.99. The molecule has 1 aromatic carbocycles. The largest absolute Gasteiger partial charge is 0.282 e. The van der Waals surface area contributed by atoms with Gasteiger partial charge in [-0.15, -0.1) is 10.2 Å². The molecule has 0 aliphatic carbocycles. The second kappa shape index (κ2) is 4.97. The van der Waals surface area contributed by atoms with Crippen LogP contribution in [0.2, 0.25) is 5.15 Å². The molecule has 0 unspecified atom stereocenters. The lowest BCUT2D eigenvalue weighted by Gasteiger charge is -2.04. The Morgan fingerprint density at radius 3 is 2.84 bits per heavy atom. The van der Waals surface area contributed by atoms with Crippen LogP contribution in [0.4, 0.5) is 0 Å². The summed E-state index contributed by atoms with van der Waals surface area (Å²) in [5, 5.41) is 8.65. The number of fused-ring (bicyclic) bond motifs is 1. The van der Waals surface area contributed by atoms with E-state index in [-0.39, 0.29) is 0 Å². The minimum Gasteiger partial charge on any atom is -0.282 e. The number of rotatable bonds is 3. The summed E-state index contributed by atoms with van der Waals surface area (Å²) >= 11 is 5.98. The Labute approximate surface area is 116 Å². The van der Waals surface area contributed by atoms with Crippen LogP contribution in [-0.4, -0.2) is 19.6 Å². The third-order valence-electron chi connectivity index (χ3n) is 3.23. The van der Waals surface area contributed by atoms with Gasteiger partial charge in [-0.2, -0.15) is 0 Å². The summed E-state index contributed by atoms with van der Waals surface area (Å²) in [6.07, 6.45) is 5.27. The fraction of sp³-hybridized carbons (Fsp3) is 0.214. The Morgan fingerprint density at radius 1 is 1.16 bits per heavy atom. The highest BCUT2D eigenvalue weighted by Crippen LogP contribution is 2.15. The monoisotopic (exact) mass is 272 g/mol. The van der Waals surface area contributed by atoms with Gasteiger partial charge in [0.2, 0.25) is 0 Å². The fourth-order valence-electron chi connectivity index (χ4n) is 2.15. The van der Waals surface area contributed by atoms with Gasteiger partial charge in [0.15, 0.2) is 10.8 Å². The first-order valence-electron chi connectivity index (χ1n) is 6.14. The topological polar surface area (TPSA) is 43.1 Å². The molecule has 0 N–H and O–H groups in total. The standard InChI is InChI=1S/C14H13ClN4/c1-10-4-2-3-5-11(10)6-7-12-17-18-14-13(15)16-8-9-19(12)14/h2-5,8-9H,6-7H2,1H3. The molecule has 0 saturated carbocycles.